The number of nitrogens with one attached hydrogen (secondary N) is 2. The average molecular weight is 537 g/mol. The fourth-order valence-corrected chi connectivity index (χ4v) is 5.90. The number of aliphatic hydroxyl groups is 1. The molecule has 0 radical (unpaired) electrons. The van der Waals surface area contributed by atoms with E-state index in [9.17, 15) is 29.5 Å². The van der Waals surface area contributed by atoms with Gasteiger partial charge in [0.1, 0.15) is 12.1 Å². The maximum atomic E-state index is 13.9. The first-order valence-corrected chi connectivity index (χ1v) is 14.1. The second kappa shape index (κ2) is 12.9. The summed E-state index contributed by atoms with van der Waals surface area (Å²) in [4.78, 5) is 41.8. The lowest BCUT2D eigenvalue weighted by atomic mass is 9.73. The molecule has 0 bridgehead atoms. The fourth-order valence-electron chi connectivity index (χ4n) is 5.90. The Labute approximate surface area is 230 Å². The number of hydrogen-bond acceptors (Lipinski definition) is 6. The van der Waals surface area contributed by atoms with Crippen molar-refractivity contribution in [2.75, 3.05) is 6.54 Å². The number of carbonyl (C=O) groups is 3. The minimum Gasteiger partial charge on any atom is -0.426 e. The summed E-state index contributed by atoms with van der Waals surface area (Å²) in [5.41, 5.74) is 0.447. The lowest BCUT2D eigenvalue weighted by Crippen LogP contribution is -2.57. The Morgan fingerprint density at radius 2 is 1.69 bits per heavy atom. The molecule has 1 saturated heterocycles. The molecule has 39 heavy (non-hydrogen) atoms. The summed E-state index contributed by atoms with van der Waals surface area (Å²) in [6.07, 6.45) is 4.89. The van der Waals surface area contributed by atoms with Crippen LogP contribution in [0.15, 0.2) is 42.5 Å². The lowest BCUT2D eigenvalue weighted by molar-refractivity contribution is -0.140. The highest BCUT2D eigenvalue weighted by Crippen LogP contribution is 2.29. The van der Waals surface area contributed by atoms with E-state index < -0.39 is 43.1 Å². The van der Waals surface area contributed by atoms with Crippen molar-refractivity contribution in [2.45, 2.75) is 82.9 Å². The van der Waals surface area contributed by atoms with Crippen molar-refractivity contribution in [1.29, 1.82) is 0 Å². The third-order valence-electron chi connectivity index (χ3n) is 8.12. The lowest BCUT2D eigenvalue weighted by Gasteiger charge is -2.32. The first kappa shape index (κ1) is 29.0. The second-order valence-corrected chi connectivity index (χ2v) is 11.4. The second-order valence-electron chi connectivity index (χ2n) is 11.4. The van der Waals surface area contributed by atoms with Crippen LogP contribution in [0.25, 0.3) is 10.8 Å². The summed E-state index contributed by atoms with van der Waals surface area (Å²) in [5.74, 6) is -2.22. The molecule has 0 spiro atoms. The SMILES string of the molecule is CC(C)[C@H](NC(=O)[C@@H]1C[C@@H](O)CN1C(=O)[C@@H](CC1CCCCC1)NC(=O)c1ccc2ccccc2c1)B(O)O. The van der Waals surface area contributed by atoms with Gasteiger partial charge in [0, 0.05) is 18.5 Å². The standard InChI is InChI=1S/C29H40BN3O6/c1-18(2)26(30(38)39)32-28(36)25-16-23(34)17-33(25)29(37)24(14-19-8-4-3-5-9-19)31-27(35)22-13-12-20-10-6-7-11-21(20)15-22/h6-7,10-13,15,18-19,23-26,34,38-39H,3-5,8-9,14,16-17H2,1-2H3,(H,31,35)(H,32,36)/t23-,24-,25+,26+/m1/s1. The third kappa shape index (κ3) is 7.18. The Morgan fingerprint density at radius 1 is 1.00 bits per heavy atom. The Balaban J connectivity index is 1.55. The van der Waals surface area contributed by atoms with E-state index in [0.29, 0.717) is 12.0 Å². The van der Waals surface area contributed by atoms with Crippen molar-refractivity contribution in [3.05, 3.63) is 48.0 Å². The molecule has 9 nitrogen and oxygen atoms in total. The highest BCUT2D eigenvalue weighted by Gasteiger charge is 2.43. The number of carbonyl (C=O) groups excluding carboxylic acids is 3. The molecular weight excluding hydrogens is 497 g/mol. The Bertz CT molecular complexity index is 1160. The number of hydrogen-bond donors (Lipinski definition) is 5. The molecule has 2 aromatic carbocycles. The molecule has 1 aliphatic carbocycles. The number of aliphatic hydroxyl groups excluding tert-OH is 1. The van der Waals surface area contributed by atoms with Crippen molar-refractivity contribution < 1.29 is 29.5 Å². The summed E-state index contributed by atoms with van der Waals surface area (Å²) in [7, 11) is -1.76. The van der Waals surface area contributed by atoms with Gasteiger partial charge in [-0.1, -0.05) is 76.3 Å². The van der Waals surface area contributed by atoms with E-state index in [1.54, 1.807) is 26.0 Å². The van der Waals surface area contributed by atoms with Gasteiger partial charge in [0.15, 0.2) is 0 Å². The van der Waals surface area contributed by atoms with Gasteiger partial charge in [-0.15, -0.1) is 0 Å². The number of benzene rings is 2. The van der Waals surface area contributed by atoms with Crippen LogP contribution in [0, 0.1) is 11.8 Å². The maximum Gasteiger partial charge on any atom is 0.475 e. The highest BCUT2D eigenvalue weighted by atomic mass is 16.4. The van der Waals surface area contributed by atoms with Crippen LogP contribution in [0.5, 0.6) is 0 Å². The summed E-state index contributed by atoms with van der Waals surface area (Å²) < 4.78 is 0. The number of β-amino-alcohol motifs (C(OH)–C–C–N with tert-alkyl or cyclic N) is 1. The van der Waals surface area contributed by atoms with Crippen molar-refractivity contribution in [2.24, 2.45) is 11.8 Å². The summed E-state index contributed by atoms with van der Waals surface area (Å²) in [5, 5.41) is 37.4. The minimum atomic E-state index is -1.76. The summed E-state index contributed by atoms with van der Waals surface area (Å²) >= 11 is 0. The number of amides is 3. The molecule has 1 saturated carbocycles. The van der Waals surface area contributed by atoms with E-state index in [0.717, 1.165) is 42.9 Å². The molecule has 1 aliphatic heterocycles. The van der Waals surface area contributed by atoms with E-state index in [1.165, 1.54) is 4.90 Å². The normalized spacial score (nSPS) is 21.5. The molecule has 2 fully saturated rings. The molecule has 4 rings (SSSR count). The van der Waals surface area contributed by atoms with Gasteiger partial charge >= 0.3 is 7.12 Å². The molecule has 0 aromatic heterocycles. The quantitative estimate of drug-likeness (QED) is 0.310. The van der Waals surface area contributed by atoms with Crippen LogP contribution in [0.4, 0.5) is 0 Å². The van der Waals surface area contributed by atoms with Crippen LogP contribution in [0.1, 0.15) is 69.2 Å². The van der Waals surface area contributed by atoms with Crippen molar-refractivity contribution in [3.8, 4) is 0 Å². The Morgan fingerprint density at radius 3 is 2.36 bits per heavy atom. The van der Waals surface area contributed by atoms with Crippen molar-refractivity contribution in [3.63, 3.8) is 0 Å². The number of fused-ring (bicyclic) bond motifs is 1. The van der Waals surface area contributed by atoms with E-state index >= 15 is 0 Å². The van der Waals surface area contributed by atoms with Gasteiger partial charge in [-0.25, -0.2) is 0 Å². The van der Waals surface area contributed by atoms with E-state index in [4.69, 9.17) is 0 Å². The molecule has 2 aliphatic rings. The molecule has 10 heteroatoms. The summed E-state index contributed by atoms with van der Waals surface area (Å²) in [6, 6.07) is 11.3. The molecule has 3 amide bonds. The average Bonchev–Trinajstić information content (AvgIpc) is 3.32. The number of rotatable bonds is 9. The van der Waals surface area contributed by atoms with Crippen LogP contribution in [0.3, 0.4) is 0 Å². The monoisotopic (exact) mass is 537 g/mol. The van der Waals surface area contributed by atoms with E-state index in [-0.39, 0.29) is 30.7 Å². The smallest absolute Gasteiger partial charge is 0.426 e. The third-order valence-corrected chi connectivity index (χ3v) is 8.12. The van der Waals surface area contributed by atoms with Crippen LogP contribution < -0.4 is 10.6 Å². The number of nitrogens with zero attached hydrogens (tertiary/aromatic N) is 1. The van der Waals surface area contributed by atoms with Gasteiger partial charge in [0.05, 0.1) is 12.0 Å². The van der Waals surface area contributed by atoms with Gasteiger partial charge in [0.2, 0.25) is 11.8 Å². The zero-order chi connectivity index (χ0) is 28.1. The highest BCUT2D eigenvalue weighted by molar-refractivity contribution is 6.43. The topological polar surface area (TPSA) is 139 Å². The predicted octanol–water partition coefficient (Wildman–Crippen LogP) is 2.02. The summed E-state index contributed by atoms with van der Waals surface area (Å²) in [6.45, 7) is 3.47. The first-order valence-electron chi connectivity index (χ1n) is 14.1. The van der Waals surface area contributed by atoms with Gasteiger partial charge < -0.3 is 30.7 Å². The van der Waals surface area contributed by atoms with Gasteiger partial charge in [-0.3, -0.25) is 14.4 Å². The van der Waals surface area contributed by atoms with Crippen molar-refractivity contribution in [1.82, 2.24) is 15.5 Å². The van der Waals surface area contributed by atoms with Crippen LogP contribution >= 0.6 is 0 Å². The van der Waals surface area contributed by atoms with E-state index in [1.807, 2.05) is 30.3 Å². The molecule has 0 unspecified atom stereocenters. The Kier molecular flexibility index (Phi) is 9.64. The molecule has 4 atom stereocenters. The van der Waals surface area contributed by atoms with Gasteiger partial charge in [-0.05, 0) is 41.2 Å². The number of likely N-dealkylation sites (tertiary alicyclic amines) is 1. The van der Waals surface area contributed by atoms with Crippen LogP contribution in [-0.4, -0.2) is 75.6 Å². The van der Waals surface area contributed by atoms with Gasteiger partial charge in [-0.2, -0.15) is 0 Å². The van der Waals surface area contributed by atoms with Crippen molar-refractivity contribution >= 4 is 35.6 Å². The zero-order valence-electron chi connectivity index (χ0n) is 22.8. The van der Waals surface area contributed by atoms with Crippen LogP contribution in [0.2, 0.25) is 0 Å². The predicted molar refractivity (Wildman–Crippen MR) is 149 cm³/mol. The minimum absolute atomic E-state index is 0.0298. The fraction of sp³-hybridized carbons (Fsp3) is 0.552. The Hall–Kier alpha value is -2.95. The zero-order valence-corrected chi connectivity index (χ0v) is 22.8. The largest absolute Gasteiger partial charge is 0.475 e. The molecule has 5 N–H and O–H groups in total. The first-order chi connectivity index (χ1) is 18.6. The van der Waals surface area contributed by atoms with Crippen LogP contribution in [-0.2, 0) is 9.59 Å². The molecular formula is C29H40BN3O6. The molecule has 210 valence electrons. The van der Waals surface area contributed by atoms with Gasteiger partial charge in [0.25, 0.3) is 5.91 Å². The molecule has 2 aromatic rings. The molecule has 1 heterocycles. The maximum absolute atomic E-state index is 13.9. The van der Waals surface area contributed by atoms with E-state index in [2.05, 4.69) is 10.6 Å².